The first kappa shape index (κ1) is 28.1. The molecular weight excluding hydrogens is 494 g/mol. The molecule has 0 spiro atoms. The lowest BCUT2D eigenvalue weighted by Gasteiger charge is -2.55. The van der Waals surface area contributed by atoms with Crippen molar-refractivity contribution in [2.45, 2.75) is 44.9 Å². The van der Waals surface area contributed by atoms with Gasteiger partial charge in [-0.25, -0.2) is 9.80 Å². The van der Waals surface area contributed by atoms with E-state index >= 15 is 0 Å². The van der Waals surface area contributed by atoms with Gasteiger partial charge >= 0.3 is 6.03 Å². The summed E-state index contributed by atoms with van der Waals surface area (Å²) < 4.78 is 5.71. The number of urea groups is 1. The highest BCUT2D eigenvalue weighted by Crippen LogP contribution is 2.34. The van der Waals surface area contributed by atoms with Crippen molar-refractivity contribution in [1.29, 1.82) is 0 Å². The molecule has 9 heteroatoms. The molecule has 2 aromatic rings. The first-order valence-electron chi connectivity index (χ1n) is 13.6. The largest absolute Gasteiger partial charge is 0.381 e. The molecule has 0 saturated carbocycles. The zero-order chi connectivity index (χ0) is 27.6. The molecule has 2 heterocycles. The number of carbonyl (C=O) groups excluding carboxylic acids is 3. The molecule has 4 rings (SSSR count). The van der Waals surface area contributed by atoms with Gasteiger partial charge in [0.15, 0.2) is 0 Å². The summed E-state index contributed by atoms with van der Waals surface area (Å²) in [4.78, 5) is 44.3. The maximum atomic E-state index is 13.8. The number of hydrazine groups is 1. The van der Waals surface area contributed by atoms with Crippen LogP contribution >= 0.6 is 0 Å². The normalized spacial score (nSPS) is 19.5. The molecule has 2 aliphatic rings. The van der Waals surface area contributed by atoms with E-state index in [1.54, 1.807) is 14.8 Å². The molecule has 1 N–H and O–H groups in total. The van der Waals surface area contributed by atoms with Crippen molar-refractivity contribution in [1.82, 2.24) is 25.1 Å². The number of nitrogens with one attached hydrogen (secondary N) is 1. The van der Waals surface area contributed by atoms with Gasteiger partial charge in [0.2, 0.25) is 11.8 Å². The second kappa shape index (κ2) is 13.8. The molecule has 206 valence electrons. The highest BCUT2D eigenvalue weighted by Gasteiger charge is 2.51. The standard InChI is InChI=1S/C30H37N5O4/c1-3-5-19-39-20-12-18-32-22-26-34(28(29(32)37)25-15-10-7-11-16-25)27(36)23-33(17-4-2)35(26)30(38)31-21-24-13-8-6-9-14-24/h2,6-11,13-16,26,28H,3,5,12,17-23H2,1H3,(H,31,38)/t26-,28-/m0/s1. The summed E-state index contributed by atoms with van der Waals surface area (Å²) in [6.07, 6.45) is 7.64. The van der Waals surface area contributed by atoms with Crippen LogP contribution in [-0.4, -0.2) is 83.2 Å². The van der Waals surface area contributed by atoms with E-state index in [9.17, 15) is 14.4 Å². The summed E-state index contributed by atoms with van der Waals surface area (Å²) in [5.74, 6) is 2.17. The minimum absolute atomic E-state index is 0.0874. The molecule has 2 aliphatic heterocycles. The van der Waals surface area contributed by atoms with Crippen molar-refractivity contribution < 1.29 is 19.1 Å². The maximum absolute atomic E-state index is 13.8. The highest BCUT2D eigenvalue weighted by molar-refractivity contribution is 5.92. The Balaban J connectivity index is 1.61. The van der Waals surface area contributed by atoms with Gasteiger partial charge in [0.25, 0.3) is 0 Å². The second-order valence-electron chi connectivity index (χ2n) is 9.71. The smallest absolute Gasteiger partial charge is 0.334 e. The van der Waals surface area contributed by atoms with E-state index in [0.29, 0.717) is 38.3 Å². The van der Waals surface area contributed by atoms with Crippen molar-refractivity contribution in [3.8, 4) is 12.3 Å². The van der Waals surface area contributed by atoms with E-state index < -0.39 is 12.2 Å². The number of rotatable bonds is 11. The number of benzene rings is 2. The van der Waals surface area contributed by atoms with Crippen LogP contribution < -0.4 is 5.32 Å². The van der Waals surface area contributed by atoms with Gasteiger partial charge in [-0.1, -0.05) is 79.9 Å². The van der Waals surface area contributed by atoms with Crippen LogP contribution in [0.5, 0.6) is 0 Å². The number of unbranched alkanes of at least 4 members (excludes halogenated alkanes) is 1. The number of piperazine rings is 1. The number of amides is 4. The first-order valence-corrected chi connectivity index (χ1v) is 13.6. The van der Waals surface area contributed by atoms with Crippen LogP contribution in [0.2, 0.25) is 0 Å². The third kappa shape index (κ3) is 6.77. The van der Waals surface area contributed by atoms with Crippen LogP contribution in [0.1, 0.15) is 43.4 Å². The number of hydrogen-bond acceptors (Lipinski definition) is 5. The van der Waals surface area contributed by atoms with E-state index in [0.717, 1.165) is 18.4 Å². The van der Waals surface area contributed by atoms with E-state index in [2.05, 4.69) is 18.2 Å². The second-order valence-corrected chi connectivity index (χ2v) is 9.71. The van der Waals surface area contributed by atoms with E-state index in [-0.39, 0.29) is 37.5 Å². The predicted octanol–water partition coefficient (Wildman–Crippen LogP) is 3.01. The van der Waals surface area contributed by atoms with Crippen molar-refractivity contribution >= 4 is 17.8 Å². The molecule has 0 unspecified atom stereocenters. The molecule has 2 aromatic carbocycles. The topological polar surface area (TPSA) is 85.4 Å². The van der Waals surface area contributed by atoms with E-state index in [1.165, 1.54) is 5.01 Å². The molecule has 0 radical (unpaired) electrons. The molecule has 4 amide bonds. The Bertz CT molecular complexity index is 1150. The van der Waals surface area contributed by atoms with Crippen LogP contribution in [0.3, 0.4) is 0 Å². The summed E-state index contributed by atoms with van der Waals surface area (Å²) in [5.41, 5.74) is 1.66. The number of nitrogens with zero attached hydrogens (tertiary/aromatic N) is 4. The molecule has 39 heavy (non-hydrogen) atoms. The van der Waals surface area contributed by atoms with Crippen LogP contribution in [0.25, 0.3) is 0 Å². The van der Waals surface area contributed by atoms with Crippen LogP contribution in [0, 0.1) is 12.3 Å². The molecular formula is C30H37N5O4. The fraction of sp³-hybridized carbons (Fsp3) is 0.433. The van der Waals surface area contributed by atoms with Gasteiger partial charge in [-0.15, -0.1) is 6.42 Å². The predicted molar refractivity (Wildman–Crippen MR) is 148 cm³/mol. The highest BCUT2D eigenvalue weighted by atomic mass is 16.5. The summed E-state index contributed by atoms with van der Waals surface area (Å²) in [7, 11) is 0. The minimum atomic E-state index is -0.837. The van der Waals surface area contributed by atoms with Crippen molar-refractivity contribution in [2.24, 2.45) is 0 Å². The summed E-state index contributed by atoms with van der Waals surface area (Å²) in [6, 6.07) is 17.6. The van der Waals surface area contributed by atoms with Crippen molar-refractivity contribution in [2.75, 3.05) is 39.4 Å². The Morgan fingerprint density at radius 3 is 2.44 bits per heavy atom. The van der Waals surface area contributed by atoms with Gasteiger partial charge in [0, 0.05) is 26.3 Å². The van der Waals surface area contributed by atoms with Gasteiger partial charge in [0.05, 0.1) is 19.6 Å². The Labute approximate surface area is 230 Å². The van der Waals surface area contributed by atoms with Crippen molar-refractivity contribution in [3.05, 3.63) is 71.8 Å². The fourth-order valence-corrected chi connectivity index (χ4v) is 5.05. The molecule has 0 aliphatic carbocycles. The number of fused-ring (bicyclic) bond motifs is 1. The molecule has 9 nitrogen and oxygen atoms in total. The zero-order valence-electron chi connectivity index (χ0n) is 22.5. The Kier molecular flexibility index (Phi) is 9.95. The average molecular weight is 532 g/mol. The van der Waals surface area contributed by atoms with Gasteiger partial charge in [-0.3, -0.25) is 9.59 Å². The quantitative estimate of drug-likeness (QED) is 0.356. The third-order valence-electron chi connectivity index (χ3n) is 6.96. The molecule has 0 bridgehead atoms. The summed E-state index contributed by atoms with van der Waals surface area (Å²) in [5, 5.41) is 6.09. The van der Waals surface area contributed by atoms with Crippen LogP contribution in [-0.2, 0) is 20.9 Å². The molecule has 2 fully saturated rings. The van der Waals surface area contributed by atoms with Gasteiger partial charge < -0.3 is 19.9 Å². The first-order chi connectivity index (χ1) is 19.0. The fourth-order valence-electron chi connectivity index (χ4n) is 5.05. The Morgan fingerprint density at radius 1 is 1.05 bits per heavy atom. The number of carbonyl (C=O) groups is 3. The number of ether oxygens (including phenoxy) is 1. The molecule has 2 atom stereocenters. The van der Waals surface area contributed by atoms with E-state index in [4.69, 9.17) is 11.2 Å². The zero-order valence-corrected chi connectivity index (χ0v) is 22.5. The SMILES string of the molecule is C#CCN1CC(=O)N2[C@@H](c3ccccc3)C(=O)N(CCCOCCCC)C[C@@H]2N1C(=O)NCc1ccccc1. The molecule has 2 saturated heterocycles. The monoisotopic (exact) mass is 531 g/mol. The summed E-state index contributed by atoms with van der Waals surface area (Å²) >= 11 is 0. The third-order valence-corrected chi connectivity index (χ3v) is 6.96. The maximum Gasteiger partial charge on any atom is 0.334 e. The summed E-state index contributed by atoms with van der Waals surface area (Å²) in [6.45, 7) is 4.30. The number of hydrogen-bond donors (Lipinski definition) is 1. The van der Waals surface area contributed by atoms with Crippen LogP contribution in [0.4, 0.5) is 4.79 Å². The lowest BCUT2D eigenvalue weighted by Crippen LogP contribution is -2.74. The van der Waals surface area contributed by atoms with E-state index in [1.807, 2.05) is 60.7 Å². The Morgan fingerprint density at radius 2 is 1.74 bits per heavy atom. The molecule has 0 aromatic heterocycles. The van der Waals surface area contributed by atoms with Gasteiger partial charge in [-0.05, 0) is 24.0 Å². The van der Waals surface area contributed by atoms with Crippen molar-refractivity contribution in [3.63, 3.8) is 0 Å². The average Bonchev–Trinajstić information content (AvgIpc) is 2.95. The number of terminal acetylenes is 1. The van der Waals surface area contributed by atoms with Gasteiger partial charge in [0.1, 0.15) is 12.2 Å². The van der Waals surface area contributed by atoms with Gasteiger partial charge in [-0.2, -0.15) is 5.01 Å². The minimum Gasteiger partial charge on any atom is -0.381 e. The Hall–Kier alpha value is -3.87. The lowest BCUT2D eigenvalue weighted by atomic mass is 9.98. The van der Waals surface area contributed by atoms with Crippen LogP contribution in [0.15, 0.2) is 60.7 Å². The lowest BCUT2D eigenvalue weighted by molar-refractivity contribution is -0.189.